The molecule has 0 radical (unpaired) electrons. The number of hydrogen-bond acceptors (Lipinski definition) is 0. The average molecular weight is 207 g/mol. The first kappa shape index (κ1) is 10.5. The van der Waals surface area contributed by atoms with Crippen LogP contribution in [0.1, 0.15) is 34.1 Å². The van der Waals surface area contributed by atoms with Gasteiger partial charge in [0.1, 0.15) is 0 Å². The van der Waals surface area contributed by atoms with Gasteiger partial charge in [-0.25, -0.2) is 0 Å². The summed E-state index contributed by atoms with van der Waals surface area (Å²) < 4.78 is 0. The Balaban J connectivity index is 3.76. The highest BCUT2D eigenvalue weighted by molar-refractivity contribution is 9.09. The lowest BCUT2D eigenvalue weighted by atomic mass is 9.85. The summed E-state index contributed by atoms with van der Waals surface area (Å²) in [5.74, 6) is 2.53. The van der Waals surface area contributed by atoms with Crippen LogP contribution >= 0.6 is 15.9 Å². The van der Waals surface area contributed by atoms with Crippen molar-refractivity contribution in [1.82, 2.24) is 0 Å². The third kappa shape index (κ3) is 3.05. The van der Waals surface area contributed by atoms with Crippen LogP contribution in [-0.2, 0) is 0 Å². The molecule has 0 aliphatic rings. The first-order chi connectivity index (χ1) is 4.63. The van der Waals surface area contributed by atoms with E-state index in [1.165, 1.54) is 6.42 Å². The Morgan fingerprint density at radius 3 is 1.80 bits per heavy atom. The van der Waals surface area contributed by atoms with Crippen LogP contribution in [0, 0.1) is 17.8 Å². The predicted molar refractivity (Wildman–Crippen MR) is 51.6 cm³/mol. The van der Waals surface area contributed by atoms with Crippen molar-refractivity contribution >= 4 is 15.9 Å². The minimum absolute atomic E-state index is 0.822. The van der Waals surface area contributed by atoms with Crippen molar-refractivity contribution in [1.29, 1.82) is 0 Å². The fraction of sp³-hybridized carbons (Fsp3) is 1.00. The van der Waals surface area contributed by atoms with Crippen LogP contribution < -0.4 is 0 Å². The Morgan fingerprint density at radius 1 is 1.20 bits per heavy atom. The average Bonchev–Trinajstić information content (AvgIpc) is 1.90. The molecule has 0 amide bonds. The van der Waals surface area contributed by atoms with Gasteiger partial charge in [0, 0.05) is 5.33 Å². The molecule has 2 atom stereocenters. The molecule has 0 bridgehead atoms. The van der Waals surface area contributed by atoms with Gasteiger partial charge >= 0.3 is 0 Å². The molecule has 0 aliphatic heterocycles. The van der Waals surface area contributed by atoms with Crippen LogP contribution in [0.15, 0.2) is 0 Å². The molecule has 2 unspecified atom stereocenters. The van der Waals surface area contributed by atoms with Gasteiger partial charge in [0.05, 0.1) is 0 Å². The third-order valence-corrected chi connectivity index (χ3v) is 3.35. The summed E-state index contributed by atoms with van der Waals surface area (Å²) in [4.78, 5) is 0. The SMILES string of the molecule is CCC(CBr)C(C)C(C)C. The van der Waals surface area contributed by atoms with Crippen molar-refractivity contribution < 1.29 is 0 Å². The second kappa shape index (κ2) is 5.17. The Kier molecular flexibility index (Phi) is 5.42. The number of halogens is 1. The van der Waals surface area contributed by atoms with Gasteiger partial charge in [0.15, 0.2) is 0 Å². The largest absolute Gasteiger partial charge is 0.0925 e. The van der Waals surface area contributed by atoms with E-state index in [1.54, 1.807) is 0 Å². The van der Waals surface area contributed by atoms with Gasteiger partial charge in [0.25, 0.3) is 0 Å². The van der Waals surface area contributed by atoms with Crippen LogP contribution in [0.5, 0.6) is 0 Å². The first-order valence-corrected chi connectivity index (χ1v) is 5.31. The van der Waals surface area contributed by atoms with Gasteiger partial charge in [0.2, 0.25) is 0 Å². The molecule has 0 aromatic heterocycles. The summed E-state index contributed by atoms with van der Waals surface area (Å²) in [6.45, 7) is 9.22. The van der Waals surface area contributed by atoms with E-state index >= 15 is 0 Å². The predicted octanol–water partition coefficient (Wildman–Crippen LogP) is 3.70. The molecular formula is C9H19Br. The van der Waals surface area contributed by atoms with Crippen LogP contribution in [0.3, 0.4) is 0 Å². The van der Waals surface area contributed by atoms with Crippen molar-refractivity contribution in [2.24, 2.45) is 17.8 Å². The molecule has 0 aliphatic carbocycles. The molecule has 1 heteroatoms. The monoisotopic (exact) mass is 206 g/mol. The van der Waals surface area contributed by atoms with Crippen LogP contribution in [0.25, 0.3) is 0 Å². The lowest BCUT2D eigenvalue weighted by Crippen LogP contribution is -2.17. The van der Waals surface area contributed by atoms with Crippen molar-refractivity contribution in [3.05, 3.63) is 0 Å². The maximum Gasteiger partial charge on any atom is 0.00622 e. The van der Waals surface area contributed by atoms with Crippen molar-refractivity contribution in [3.8, 4) is 0 Å². The second-order valence-corrected chi connectivity index (χ2v) is 4.07. The fourth-order valence-corrected chi connectivity index (χ4v) is 2.21. The molecular weight excluding hydrogens is 188 g/mol. The normalized spacial score (nSPS) is 17.4. The lowest BCUT2D eigenvalue weighted by molar-refractivity contribution is 0.295. The minimum atomic E-state index is 0.822. The smallest absolute Gasteiger partial charge is 0.00622 e. The Morgan fingerprint density at radius 2 is 1.70 bits per heavy atom. The molecule has 0 fully saturated rings. The molecule has 0 saturated carbocycles. The molecule has 0 N–H and O–H groups in total. The zero-order valence-corrected chi connectivity index (χ0v) is 9.11. The molecule has 0 rings (SSSR count). The van der Waals surface area contributed by atoms with Crippen molar-refractivity contribution in [2.45, 2.75) is 34.1 Å². The zero-order chi connectivity index (χ0) is 8.15. The van der Waals surface area contributed by atoms with Crippen molar-refractivity contribution in [3.63, 3.8) is 0 Å². The molecule has 0 aromatic rings. The highest BCUT2D eigenvalue weighted by atomic mass is 79.9. The summed E-state index contributed by atoms with van der Waals surface area (Å²) in [5.41, 5.74) is 0. The Labute approximate surface area is 73.5 Å². The summed E-state index contributed by atoms with van der Waals surface area (Å²) in [6, 6.07) is 0. The molecule has 0 nitrogen and oxygen atoms in total. The van der Waals surface area contributed by atoms with Crippen LogP contribution in [-0.4, -0.2) is 5.33 Å². The van der Waals surface area contributed by atoms with Gasteiger partial charge in [-0.05, 0) is 17.8 Å². The lowest BCUT2D eigenvalue weighted by Gasteiger charge is -2.23. The summed E-state index contributed by atoms with van der Waals surface area (Å²) in [6.07, 6.45) is 1.30. The fourth-order valence-electron chi connectivity index (χ4n) is 1.17. The number of alkyl halides is 1. The Bertz CT molecular complexity index is 74.8. The Hall–Kier alpha value is 0.480. The summed E-state index contributed by atoms with van der Waals surface area (Å²) in [7, 11) is 0. The molecule has 62 valence electrons. The van der Waals surface area contributed by atoms with E-state index in [4.69, 9.17) is 0 Å². The topological polar surface area (TPSA) is 0 Å². The quantitative estimate of drug-likeness (QED) is 0.616. The van der Waals surface area contributed by atoms with Gasteiger partial charge in [-0.1, -0.05) is 50.0 Å². The highest BCUT2D eigenvalue weighted by Crippen LogP contribution is 2.24. The van der Waals surface area contributed by atoms with Gasteiger partial charge in [-0.2, -0.15) is 0 Å². The maximum atomic E-state index is 3.54. The van der Waals surface area contributed by atoms with Crippen LogP contribution in [0.4, 0.5) is 0 Å². The first-order valence-electron chi connectivity index (χ1n) is 4.19. The standard InChI is InChI=1S/C9H19Br/c1-5-9(6-10)8(4)7(2)3/h7-9H,5-6H2,1-4H3. The van der Waals surface area contributed by atoms with Gasteiger partial charge in [-0.3, -0.25) is 0 Å². The molecule has 0 aromatic carbocycles. The van der Waals surface area contributed by atoms with E-state index < -0.39 is 0 Å². The molecule has 10 heavy (non-hydrogen) atoms. The zero-order valence-electron chi connectivity index (χ0n) is 7.52. The molecule has 0 spiro atoms. The highest BCUT2D eigenvalue weighted by Gasteiger charge is 2.16. The van der Waals surface area contributed by atoms with E-state index in [9.17, 15) is 0 Å². The minimum Gasteiger partial charge on any atom is -0.0925 e. The summed E-state index contributed by atoms with van der Waals surface area (Å²) >= 11 is 3.54. The van der Waals surface area contributed by atoms with Crippen LogP contribution in [0.2, 0.25) is 0 Å². The van der Waals surface area contributed by atoms with E-state index in [0.717, 1.165) is 23.1 Å². The van der Waals surface area contributed by atoms with Crippen molar-refractivity contribution in [2.75, 3.05) is 5.33 Å². The van der Waals surface area contributed by atoms with E-state index in [2.05, 4.69) is 43.6 Å². The second-order valence-electron chi connectivity index (χ2n) is 3.43. The number of hydrogen-bond donors (Lipinski definition) is 0. The molecule has 0 heterocycles. The summed E-state index contributed by atoms with van der Waals surface area (Å²) in [5, 5.41) is 1.16. The van der Waals surface area contributed by atoms with E-state index in [1.807, 2.05) is 0 Å². The van der Waals surface area contributed by atoms with Gasteiger partial charge in [-0.15, -0.1) is 0 Å². The molecule has 0 saturated heterocycles. The third-order valence-electron chi connectivity index (χ3n) is 2.52. The number of rotatable bonds is 4. The van der Waals surface area contributed by atoms with Gasteiger partial charge < -0.3 is 0 Å². The van der Waals surface area contributed by atoms with E-state index in [0.29, 0.717) is 0 Å². The van der Waals surface area contributed by atoms with E-state index in [-0.39, 0.29) is 0 Å². The maximum absolute atomic E-state index is 3.54.